The smallest absolute Gasteiger partial charge is 0.412 e. The molecular formula is C64H46ClF5N22O14. The molecule has 0 radical (unpaired) electrons. The fraction of sp³-hybridized carbons (Fsp3) is 0.125. The van der Waals surface area contributed by atoms with E-state index in [9.17, 15) is 65.1 Å². The standard InChI is InChI=1S/C20H18FN7O5.C16H10ClN5O3.C15H10F2N4O3.C13H8F2N6O3/c1-6-10-7-13(11(8-12(10)21)18(30)32-5)22-17(29)15-9-14(16-24-26-27-28(16)25-15)23-19(31)33-20(2,3)4;1-25-16(24)10-2-8(5-18)11(17)4-12(10)22-15(23)9-3-13-14(19-6-9)21-7-20-13;1-24-15(23)7-2-8(16)9(17)3-10(7)21-14(22)12-4-11-13(5-18-12)20-6-19-11;1-24-13(23)6-4-7(14)8(15)5-10(6)16-12(22)9-2-3-11-17-19-20-21(11)18-9/h1,7-9H,2-5H3,(H,22,29)(H,23,31);2-4,6-7H,1H3,(H,22,23)(H,19,20,21);2-6H,1H3,(H,19,20)(H,21,22);2-5H,1H3,(H,16,22). The summed E-state index contributed by atoms with van der Waals surface area (Å²) in [6.07, 6.45) is 10.1. The minimum absolute atomic E-state index is 0.00449. The number of nitriles is 1. The number of terminal acetylenes is 1. The highest BCUT2D eigenvalue weighted by Gasteiger charge is 2.26. The van der Waals surface area contributed by atoms with Gasteiger partial charge in [0.2, 0.25) is 5.65 Å². The third kappa shape index (κ3) is 17.8. The van der Waals surface area contributed by atoms with E-state index in [1.165, 1.54) is 68.6 Å². The van der Waals surface area contributed by atoms with Crippen molar-refractivity contribution in [3.63, 3.8) is 0 Å². The van der Waals surface area contributed by atoms with Crippen LogP contribution < -0.4 is 26.6 Å². The van der Waals surface area contributed by atoms with Crippen molar-refractivity contribution in [2.24, 2.45) is 0 Å². The number of amides is 5. The van der Waals surface area contributed by atoms with E-state index in [2.05, 4.69) is 123 Å². The first-order chi connectivity index (χ1) is 50.5. The van der Waals surface area contributed by atoms with Crippen LogP contribution in [0, 0.1) is 52.8 Å². The van der Waals surface area contributed by atoms with Gasteiger partial charge in [-0.15, -0.1) is 36.1 Å². The number of rotatable bonds is 13. The summed E-state index contributed by atoms with van der Waals surface area (Å²) >= 11 is 5.99. The molecule has 0 atom stereocenters. The number of fused-ring (bicyclic) bond motifs is 4. The molecule has 8 aromatic heterocycles. The molecule has 0 aliphatic carbocycles. The number of nitrogens with one attached hydrogen (secondary N) is 7. The molecule has 8 heterocycles. The number of benzene rings is 4. The third-order valence-electron chi connectivity index (χ3n) is 13.6. The van der Waals surface area contributed by atoms with E-state index in [0.717, 1.165) is 42.7 Å². The molecule has 0 saturated carbocycles. The molecule has 12 rings (SSSR count). The number of methoxy groups -OCH3 is 4. The maximum atomic E-state index is 14.1. The fourth-order valence-electron chi connectivity index (χ4n) is 8.76. The Morgan fingerprint density at radius 2 is 1.03 bits per heavy atom. The molecule has 5 amide bonds. The minimum atomic E-state index is -1.25. The van der Waals surface area contributed by atoms with Crippen molar-refractivity contribution < 1.29 is 88.8 Å². The predicted molar refractivity (Wildman–Crippen MR) is 355 cm³/mol. The van der Waals surface area contributed by atoms with Gasteiger partial charge in [-0.25, -0.2) is 65.9 Å². The van der Waals surface area contributed by atoms with Crippen molar-refractivity contribution in [3.8, 4) is 18.4 Å². The lowest BCUT2D eigenvalue weighted by Crippen LogP contribution is -2.27. The number of hydrogen-bond donors (Lipinski definition) is 7. The fourth-order valence-corrected chi connectivity index (χ4v) is 8.97. The molecule has 0 unspecified atom stereocenters. The van der Waals surface area contributed by atoms with E-state index in [0.29, 0.717) is 52.1 Å². The molecule has 12 aromatic rings. The number of ether oxygens (including phenoxy) is 5. The molecule has 0 aliphatic rings. The summed E-state index contributed by atoms with van der Waals surface area (Å²) < 4.78 is 93.0. The van der Waals surface area contributed by atoms with Gasteiger partial charge in [-0.2, -0.15) is 5.26 Å². The largest absolute Gasteiger partial charge is 0.465 e. The van der Waals surface area contributed by atoms with E-state index in [1.807, 2.05) is 6.07 Å². The Morgan fingerprint density at radius 3 is 1.62 bits per heavy atom. The van der Waals surface area contributed by atoms with Gasteiger partial charge >= 0.3 is 30.0 Å². The average molecular weight is 1480 g/mol. The molecule has 0 spiro atoms. The van der Waals surface area contributed by atoms with Gasteiger partial charge in [-0.3, -0.25) is 24.5 Å². The molecular weight excluding hydrogens is 1430 g/mol. The van der Waals surface area contributed by atoms with Crippen molar-refractivity contribution in [3.05, 3.63) is 194 Å². The lowest BCUT2D eigenvalue weighted by atomic mass is 10.1. The number of imidazole rings is 2. The summed E-state index contributed by atoms with van der Waals surface area (Å²) in [6.45, 7) is 5.04. The number of carbonyl (C=O) groups is 9. The zero-order valence-corrected chi connectivity index (χ0v) is 55.8. The summed E-state index contributed by atoms with van der Waals surface area (Å²) in [4.78, 5) is 131. The van der Waals surface area contributed by atoms with Crippen molar-refractivity contribution >= 4 is 127 Å². The third-order valence-corrected chi connectivity index (χ3v) is 14.0. The van der Waals surface area contributed by atoms with Crippen LogP contribution in [-0.4, -0.2) is 168 Å². The van der Waals surface area contributed by atoms with Gasteiger partial charge in [0.15, 0.2) is 46.0 Å². The van der Waals surface area contributed by atoms with E-state index < -0.39 is 88.3 Å². The topological polar surface area (TPSA) is 479 Å². The van der Waals surface area contributed by atoms with Gasteiger partial charge in [0.1, 0.15) is 23.2 Å². The van der Waals surface area contributed by atoms with Crippen LogP contribution in [0.5, 0.6) is 0 Å². The zero-order valence-electron chi connectivity index (χ0n) is 55.1. The number of pyridine rings is 2. The number of H-pyrrole nitrogens is 2. The number of carbonyl (C=O) groups excluding carboxylic acids is 9. The number of tetrazole rings is 2. The number of esters is 4. The Morgan fingerprint density at radius 1 is 0.519 bits per heavy atom. The molecule has 0 saturated heterocycles. The quantitative estimate of drug-likeness (QED) is 0.0252. The number of nitrogens with zero attached hydrogens (tertiary/aromatic N) is 15. The van der Waals surface area contributed by atoms with Crippen LogP contribution in [0.15, 0.2) is 104 Å². The first-order valence-corrected chi connectivity index (χ1v) is 29.8. The highest BCUT2D eigenvalue weighted by molar-refractivity contribution is 6.32. The van der Waals surface area contributed by atoms with Crippen LogP contribution in [0.25, 0.3) is 33.5 Å². The van der Waals surface area contributed by atoms with Crippen LogP contribution in [0.3, 0.4) is 0 Å². The highest BCUT2D eigenvalue weighted by atomic mass is 35.5. The van der Waals surface area contributed by atoms with E-state index in [4.69, 9.17) is 28.0 Å². The van der Waals surface area contributed by atoms with Crippen molar-refractivity contribution in [2.45, 2.75) is 26.4 Å². The number of anilines is 5. The lowest BCUT2D eigenvalue weighted by Gasteiger charge is -2.19. The summed E-state index contributed by atoms with van der Waals surface area (Å²) in [5.41, 5.74) is 0.285. The first-order valence-electron chi connectivity index (χ1n) is 29.4. The Hall–Kier alpha value is -14.9. The minimum Gasteiger partial charge on any atom is -0.465 e. The van der Waals surface area contributed by atoms with E-state index in [1.54, 1.807) is 26.8 Å². The van der Waals surface area contributed by atoms with Crippen molar-refractivity contribution in [2.75, 3.05) is 55.0 Å². The maximum Gasteiger partial charge on any atom is 0.412 e. The second-order valence-electron chi connectivity index (χ2n) is 21.7. The number of hydrogen-bond acceptors (Lipinski definition) is 27. The van der Waals surface area contributed by atoms with Gasteiger partial charge in [0, 0.05) is 18.3 Å². The predicted octanol–water partition coefficient (Wildman–Crippen LogP) is 7.66. The monoisotopic (exact) mass is 1480 g/mol. The Balaban J connectivity index is 0.000000165. The Kier molecular flexibility index (Phi) is 23.2. The van der Waals surface area contributed by atoms with Crippen molar-refractivity contribution in [1.82, 2.24) is 80.4 Å². The van der Waals surface area contributed by atoms with Crippen molar-refractivity contribution in [1.29, 1.82) is 5.26 Å². The summed E-state index contributed by atoms with van der Waals surface area (Å²) in [5, 5.41) is 50.4. The van der Waals surface area contributed by atoms with Gasteiger partial charge in [0.25, 0.3) is 23.6 Å². The molecule has 0 fully saturated rings. The average Bonchev–Trinajstić information content (AvgIpc) is 1.41. The molecule has 4 aromatic carbocycles. The maximum absolute atomic E-state index is 14.1. The molecule has 36 nitrogen and oxygen atoms in total. The van der Waals surface area contributed by atoms with Crippen LogP contribution >= 0.6 is 11.6 Å². The Bertz CT molecular complexity index is 5460. The van der Waals surface area contributed by atoms with Gasteiger partial charge in [0.05, 0.1) is 136 Å². The van der Waals surface area contributed by atoms with Gasteiger partial charge in [-0.05, 0) is 108 Å². The van der Waals surface area contributed by atoms with Crippen LogP contribution in [0.2, 0.25) is 5.02 Å². The SMILES string of the molecule is C#Cc1cc(NC(=O)c2cc(NC(=O)OC(C)(C)C)c3nnnn3n2)c(C(=O)OC)cc1F.COC(=O)c1cc(C#N)c(Cl)cc1NC(=O)c1cnc2nc[nH]c2c1.COC(=O)c1cc(F)c(F)cc1NC(=O)c1cc2nc[nH]c2cn1.COC(=O)c1cc(F)c(F)cc1NC(=O)c1ccc2nnnn2n1. The van der Waals surface area contributed by atoms with Gasteiger partial charge in [-0.1, -0.05) is 17.5 Å². The molecule has 106 heavy (non-hydrogen) atoms. The summed E-state index contributed by atoms with van der Waals surface area (Å²) in [6, 6.07) is 16.0. The second-order valence-corrected chi connectivity index (χ2v) is 22.1. The van der Waals surface area contributed by atoms with Gasteiger partial charge < -0.3 is 54.9 Å². The molecule has 7 N–H and O–H groups in total. The molecule has 538 valence electrons. The summed E-state index contributed by atoms with van der Waals surface area (Å²) in [7, 11) is 4.46. The van der Waals surface area contributed by atoms with Crippen LogP contribution in [-0.2, 0) is 23.7 Å². The molecule has 42 heteroatoms. The summed E-state index contributed by atoms with van der Waals surface area (Å²) in [5.74, 6) is -9.93. The first kappa shape index (κ1) is 75.3. The highest BCUT2D eigenvalue weighted by Crippen LogP contribution is 2.29. The number of halogens is 6. The molecule has 0 aliphatic heterocycles. The lowest BCUT2D eigenvalue weighted by molar-refractivity contribution is 0.0592. The zero-order chi connectivity index (χ0) is 76.8. The Labute approximate surface area is 593 Å². The normalized spacial score (nSPS) is 10.6. The van der Waals surface area contributed by atoms with Crippen LogP contribution in [0.1, 0.15) is 115 Å². The molecule has 0 bridgehead atoms. The van der Waals surface area contributed by atoms with Crippen LogP contribution in [0.4, 0.5) is 55.2 Å². The second kappa shape index (κ2) is 32.6. The number of aromatic nitrogens is 16. The van der Waals surface area contributed by atoms with E-state index >= 15 is 0 Å². The van der Waals surface area contributed by atoms with E-state index in [-0.39, 0.29) is 95.1 Å². The number of aromatic amines is 2.